The molecule has 2 bridgehead atoms. The minimum absolute atomic E-state index is 0.0156. The first-order chi connectivity index (χ1) is 14.3. The number of halogens is 3. The van der Waals surface area contributed by atoms with Crippen molar-refractivity contribution in [2.45, 2.75) is 50.6 Å². The highest BCUT2D eigenvalue weighted by Crippen LogP contribution is 2.40. The Balaban J connectivity index is 1.41. The number of hydrogen-bond acceptors (Lipinski definition) is 4. The van der Waals surface area contributed by atoms with Crippen LogP contribution in [-0.4, -0.2) is 33.8 Å². The Morgan fingerprint density at radius 2 is 1.73 bits per heavy atom. The molecule has 2 saturated heterocycles. The predicted octanol–water partition coefficient (Wildman–Crippen LogP) is 4.86. The van der Waals surface area contributed by atoms with Crippen LogP contribution < -0.4 is 0 Å². The van der Waals surface area contributed by atoms with Gasteiger partial charge in [0.2, 0.25) is 0 Å². The molecule has 0 N–H and O–H groups in total. The molecule has 0 spiro atoms. The molecule has 0 radical (unpaired) electrons. The average Bonchev–Trinajstić information content (AvgIpc) is 3.01. The van der Waals surface area contributed by atoms with E-state index < -0.39 is 23.9 Å². The third kappa shape index (κ3) is 4.17. The zero-order chi connectivity index (χ0) is 21.3. The normalized spacial score (nSPS) is 23.3. The summed E-state index contributed by atoms with van der Waals surface area (Å²) in [7, 11) is 0. The number of piperidine rings is 1. The van der Waals surface area contributed by atoms with Gasteiger partial charge in [0.15, 0.2) is 5.78 Å². The van der Waals surface area contributed by atoms with Gasteiger partial charge in [-0.2, -0.15) is 13.2 Å². The maximum Gasteiger partial charge on any atom is 0.433 e. The number of alkyl halides is 3. The highest BCUT2D eigenvalue weighted by Gasteiger charge is 2.46. The number of aromatic nitrogens is 1. The molecule has 2 aliphatic heterocycles. The van der Waals surface area contributed by atoms with E-state index in [1.54, 1.807) is 4.90 Å². The topological polar surface area (TPSA) is 59.5 Å². The number of amides is 1. The lowest BCUT2D eigenvalue weighted by Gasteiger charge is -2.37. The highest BCUT2D eigenvalue weighted by molar-refractivity contribution is 5.98. The van der Waals surface area contributed by atoms with Crippen molar-refractivity contribution in [2.24, 2.45) is 5.92 Å². The molecule has 5 nitrogen and oxygen atoms in total. The van der Waals surface area contributed by atoms with Crippen LogP contribution in [0.25, 0.3) is 0 Å². The Hall–Kier alpha value is -2.90. The van der Waals surface area contributed by atoms with Crippen LogP contribution in [0.2, 0.25) is 0 Å². The van der Waals surface area contributed by atoms with Gasteiger partial charge in [-0.1, -0.05) is 30.3 Å². The Bertz CT molecular complexity index is 919. The first-order valence-electron chi connectivity index (χ1n) is 9.89. The summed E-state index contributed by atoms with van der Waals surface area (Å²) in [6, 6.07) is 11.2. The molecule has 1 amide bonds. The number of nitrogens with zero attached hydrogens (tertiary/aromatic N) is 2. The molecule has 2 fully saturated rings. The number of fused-ring (bicyclic) bond motifs is 2. The largest absolute Gasteiger partial charge is 0.445 e. The first kappa shape index (κ1) is 20.4. The highest BCUT2D eigenvalue weighted by atomic mass is 19.4. The Labute approximate surface area is 171 Å². The molecule has 158 valence electrons. The SMILES string of the molecule is O=C(c1ccnc(C(F)(F)F)c1)C1CC2CCC(C1)N2C(=O)OCc1ccccc1. The van der Waals surface area contributed by atoms with Crippen molar-refractivity contribution in [3.63, 3.8) is 0 Å². The van der Waals surface area contributed by atoms with Gasteiger partial charge in [-0.05, 0) is 43.4 Å². The lowest BCUT2D eigenvalue weighted by molar-refractivity contribution is -0.141. The van der Waals surface area contributed by atoms with E-state index >= 15 is 0 Å². The molecule has 2 aliphatic rings. The van der Waals surface area contributed by atoms with Gasteiger partial charge in [0.25, 0.3) is 0 Å². The molecule has 8 heteroatoms. The lowest BCUT2D eigenvalue weighted by atomic mass is 9.85. The van der Waals surface area contributed by atoms with Gasteiger partial charge in [0.1, 0.15) is 12.3 Å². The fraction of sp³-hybridized carbons (Fsp3) is 0.409. The molecule has 4 rings (SSSR count). The van der Waals surface area contributed by atoms with Crippen LogP contribution in [0.1, 0.15) is 47.3 Å². The molecule has 0 saturated carbocycles. The Kier molecular flexibility index (Phi) is 5.49. The summed E-state index contributed by atoms with van der Waals surface area (Å²) in [4.78, 5) is 30.5. The maximum atomic E-state index is 12.9. The molecule has 2 atom stereocenters. The van der Waals surface area contributed by atoms with E-state index in [1.807, 2.05) is 30.3 Å². The van der Waals surface area contributed by atoms with Gasteiger partial charge >= 0.3 is 12.3 Å². The van der Waals surface area contributed by atoms with Crippen LogP contribution in [0.4, 0.5) is 18.0 Å². The molecule has 2 aromatic rings. The van der Waals surface area contributed by atoms with E-state index in [9.17, 15) is 22.8 Å². The lowest BCUT2D eigenvalue weighted by Crippen LogP contribution is -2.48. The van der Waals surface area contributed by atoms with Crippen LogP contribution in [0, 0.1) is 5.92 Å². The number of rotatable bonds is 4. The van der Waals surface area contributed by atoms with Crippen LogP contribution in [-0.2, 0) is 17.5 Å². The third-order valence-corrected chi connectivity index (χ3v) is 5.85. The molecular weight excluding hydrogens is 397 g/mol. The molecule has 30 heavy (non-hydrogen) atoms. The van der Waals surface area contributed by atoms with E-state index in [0.717, 1.165) is 30.7 Å². The summed E-state index contributed by atoms with van der Waals surface area (Å²) >= 11 is 0. The Morgan fingerprint density at radius 3 is 2.37 bits per heavy atom. The standard InChI is InChI=1S/C22H21F3N2O3/c23-22(24,25)19-12-15(8-9-26-19)20(28)16-10-17-6-7-18(11-16)27(17)21(29)30-13-14-4-2-1-3-5-14/h1-5,8-9,12,16-18H,6-7,10-11,13H2. The molecule has 3 heterocycles. The van der Waals surface area contributed by atoms with Crippen LogP contribution in [0.5, 0.6) is 0 Å². The van der Waals surface area contributed by atoms with E-state index in [0.29, 0.717) is 12.8 Å². The van der Waals surface area contributed by atoms with Crippen LogP contribution in [0.3, 0.4) is 0 Å². The van der Waals surface area contributed by atoms with Crippen molar-refractivity contribution in [3.8, 4) is 0 Å². The number of ketones is 1. The van der Waals surface area contributed by atoms with Crippen molar-refractivity contribution >= 4 is 11.9 Å². The average molecular weight is 418 g/mol. The fourth-order valence-corrected chi connectivity index (χ4v) is 4.46. The summed E-state index contributed by atoms with van der Waals surface area (Å²) in [5.41, 5.74) is -0.165. The summed E-state index contributed by atoms with van der Waals surface area (Å²) in [5, 5.41) is 0. The summed E-state index contributed by atoms with van der Waals surface area (Å²) in [5.74, 6) is -0.735. The molecule has 2 unspecified atom stereocenters. The summed E-state index contributed by atoms with van der Waals surface area (Å²) in [6.07, 6.45) is -1.60. The quantitative estimate of drug-likeness (QED) is 0.665. The van der Waals surface area contributed by atoms with Gasteiger partial charge in [0.05, 0.1) is 0 Å². The van der Waals surface area contributed by atoms with Crippen molar-refractivity contribution < 1.29 is 27.5 Å². The van der Waals surface area contributed by atoms with Crippen molar-refractivity contribution in [3.05, 3.63) is 65.5 Å². The number of Topliss-reactive ketones (excluding diaryl/α,β-unsaturated/α-hetero) is 1. The minimum Gasteiger partial charge on any atom is -0.445 e. The number of carbonyl (C=O) groups excluding carboxylic acids is 2. The Morgan fingerprint density at radius 1 is 1.07 bits per heavy atom. The summed E-state index contributed by atoms with van der Waals surface area (Å²) < 4.78 is 44.2. The number of carbonyl (C=O) groups is 2. The second-order valence-electron chi connectivity index (χ2n) is 7.79. The van der Waals surface area contributed by atoms with Gasteiger partial charge in [-0.15, -0.1) is 0 Å². The number of benzene rings is 1. The second-order valence-corrected chi connectivity index (χ2v) is 7.79. The number of pyridine rings is 1. The monoisotopic (exact) mass is 418 g/mol. The summed E-state index contributed by atoms with van der Waals surface area (Å²) in [6.45, 7) is 0.176. The number of hydrogen-bond donors (Lipinski definition) is 0. The molecule has 1 aromatic heterocycles. The maximum absolute atomic E-state index is 12.9. The van der Waals surface area contributed by atoms with Crippen molar-refractivity contribution in [1.82, 2.24) is 9.88 Å². The number of ether oxygens (including phenoxy) is 1. The fourth-order valence-electron chi connectivity index (χ4n) is 4.46. The predicted molar refractivity (Wildman–Crippen MR) is 102 cm³/mol. The van der Waals surface area contributed by atoms with Crippen LogP contribution >= 0.6 is 0 Å². The van der Waals surface area contributed by atoms with Gasteiger partial charge in [0, 0.05) is 29.8 Å². The van der Waals surface area contributed by atoms with Gasteiger partial charge in [-0.3, -0.25) is 9.78 Å². The first-order valence-corrected chi connectivity index (χ1v) is 9.89. The smallest absolute Gasteiger partial charge is 0.433 e. The van der Waals surface area contributed by atoms with E-state index in [-0.39, 0.29) is 30.0 Å². The van der Waals surface area contributed by atoms with E-state index in [1.165, 1.54) is 6.07 Å². The zero-order valence-electron chi connectivity index (χ0n) is 16.1. The zero-order valence-corrected chi connectivity index (χ0v) is 16.1. The van der Waals surface area contributed by atoms with E-state index in [4.69, 9.17) is 4.74 Å². The molecule has 1 aromatic carbocycles. The molecular formula is C22H21F3N2O3. The second kappa shape index (κ2) is 8.08. The van der Waals surface area contributed by atoms with Crippen LogP contribution in [0.15, 0.2) is 48.7 Å². The minimum atomic E-state index is -4.60. The van der Waals surface area contributed by atoms with Gasteiger partial charge in [-0.25, -0.2) is 4.79 Å². The third-order valence-electron chi connectivity index (χ3n) is 5.85. The van der Waals surface area contributed by atoms with Gasteiger partial charge < -0.3 is 9.64 Å². The van der Waals surface area contributed by atoms with E-state index in [2.05, 4.69) is 4.98 Å². The molecule has 0 aliphatic carbocycles. The van der Waals surface area contributed by atoms with Crippen molar-refractivity contribution in [1.29, 1.82) is 0 Å². The van der Waals surface area contributed by atoms with Crippen molar-refractivity contribution in [2.75, 3.05) is 0 Å².